The van der Waals surface area contributed by atoms with E-state index in [2.05, 4.69) is 20.3 Å². The molecule has 8 nitrogen and oxygen atoms in total. The van der Waals surface area contributed by atoms with E-state index in [0.29, 0.717) is 36.4 Å². The molecule has 33 heavy (non-hydrogen) atoms. The molecule has 1 unspecified atom stereocenters. The van der Waals surface area contributed by atoms with Gasteiger partial charge in [0.05, 0.1) is 16.7 Å². The van der Waals surface area contributed by atoms with Gasteiger partial charge >= 0.3 is 6.18 Å². The minimum Gasteiger partial charge on any atom is -0.364 e. The molecule has 4 rings (SSSR count). The van der Waals surface area contributed by atoms with Gasteiger partial charge < -0.3 is 15.2 Å². The number of rotatable bonds is 3. The highest BCUT2D eigenvalue weighted by molar-refractivity contribution is 5.91. The van der Waals surface area contributed by atoms with Crippen molar-refractivity contribution in [1.29, 1.82) is 10.5 Å². The fourth-order valence-corrected chi connectivity index (χ4v) is 4.07. The number of aromatic amines is 1. The highest BCUT2D eigenvalue weighted by atomic mass is 19.4. The number of hydrogen-bond acceptors (Lipinski definition) is 7. The molecular weight excluding hydrogens is 435 g/mol. The molecule has 1 atom stereocenters. The van der Waals surface area contributed by atoms with Crippen LogP contribution >= 0.6 is 0 Å². The Balaban J connectivity index is 1.83. The number of hydrogen-bond donors (Lipinski definition) is 2. The smallest absolute Gasteiger partial charge is 0.364 e. The summed E-state index contributed by atoms with van der Waals surface area (Å²) in [6, 6.07) is 8.68. The number of nitrogens with one attached hydrogen (secondary N) is 2. The van der Waals surface area contributed by atoms with Crippen molar-refractivity contribution in [3.8, 4) is 12.1 Å². The van der Waals surface area contributed by atoms with Gasteiger partial charge in [-0.05, 0) is 25.1 Å². The molecule has 2 N–H and O–H groups in total. The lowest BCUT2D eigenvalue weighted by atomic mass is 10.0. The van der Waals surface area contributed by atoms with Gasteiger partial charge in [0.1, 0.15) is 29.1 Å². The first-order valence-corrected chi connectivity index (χ1v) is 10.1. The van der Waals surface area contributed by atoms with Crippen molar-refractivity contribution in [3.05, 3.63) is 62.8 Å². The molecule has 1 saturated heterocycles. The van der Waals surface area contributed by atoms with Crippen molar-refractivity contribution in [1.82, 2.24) is 20.3 Å². The summed E-state index contributed by atoms with van der Waals surface area (Å²) in [4.78, 5) is 25.1. The lowest BCUT2D eigenvalue weighted by Crippen LogP contribution is -2.53. The zero-order chi connectivity index (χ0) is 23.8. The Morgan fingerprint density at radius 2 is 2.03 bits per heavy atom. The summed E-state index contributed by atoms with van der Waals surface area (Å²) in [6.45, 7) is 3.25. The fraction of sp³-hybridized carbons (Fsp3) is 0.318. The van der Waals surface area contributed by atoms with Crippen LogP contribution in [-0.4, -0.2) is 40.6 Å². The molecule has 1 fully saturated rings. The maximum atomic E-state index is 13.1. The molecule has 3 aromatic rings. The maximum Gasteiger partial charge on any atom is 0.433 e. The van der Waals surface area contributed by atoms with Gasteiger partial charge in [0.2, 0.25) is 0 Å². The summed E-state index contributed by atoms with van der Waals surface area (Å²) in [7, 11) is 0. The highest BCUT2D eigenvalue weighted by Crippen LogP contribution is 2.33. The van der Waals surface area contributed by atoms with Crippen LogP contribution in [0.15, 0.2) is 29.1 Å². The summed E-state index contributed by atoms with van der Waals surface area (Å²) in [5.41, 5.74) is 0.523. The molecule has 0 aromatic carbocycles. The van der Waals surface area contributed by atoms with Crippen LogP contribution in [0.5, 0.6) is 0 Å². The third-order valence-electron chi connectivity index (χ3n) is 5.61. The summed E-state index contributed by atoms with van der Waals surface area (Å²) in [6.07, 6.45) is -4.33. The minimum absolute atomic E-state index is 0.126. The molecule has 0 amide bonds. The van der Waals surface area contributed by atoms with Crippen molar-refractivity contribution >= 4 is 16.7 Å². The predicted molar refractivity (Wildman–Crippen MR) is 113 cm³/mol. The van der Waals surface area contributed by atoms with Crippen LogP contribution in [0.25, 0.3) is 11.0 Å². The van der Waals surface area contributed by atoms with Gasteiger partial charge in [-0.25, -0.2) is 9.97 Å². The van der Waals surface area contributed by atoms with Crippen LogP contribution in [-0.2, 0) is 12.6 Å². The molecule has 11 heteroatoms. The van der Waals surface area contributed by atoms with E-state index < -0.39 is 17.4 Å². The molecule has 1 aliphatic rings. The summed E-state index contributed by atoms with van der Waals surface area (Å²) in [5, 5.41) is 22.0. The van der Waals surface area contributed by atoms with Crippen LogP contribution < -0.4 is 15.8 Å². The van der Waals surface area contributed by atoms with Crippen LogP contribution in [0.3, 0.4) is 0 Å². The Kier molecular flexibility index (Phi) is 5.75. The lowest BCUT2D eigenvalue weighted by Gasteiger charge is -2.39. The summed E-state index contributed by atoms with van der Waals surface area (Å²) < 4.78 is 39.4. The first-order chi connectivity index (χ1) is 15.7. The second-order valence-electron chi connectivity index (χ2n) is 7.70. The number of nitriles is 2. The largest absolute Gasteiger partial charge is 0.433 e. The average molecular weight is 453 g/mol. The van der Waals surface area contributed by atoms with E-state index in [0.717, 1.165) is 6.07 Å². The minimum atomic E-state index is -4.54. The first-order valence-electron chi connectivity index (χ1n) is 10.1. The summed E-state index contributed by atoms with van der Waals surface area (Å²) in [5.74, 6) is 0. The zero-order valence-corrected chi connectivity index (χ0v) is 17.5. The number of halogens is 3. The molecular formula is C22H18F3N7O. The maximum absolute atomic E-state index is 13.1. The first kappa shape index (κ1) is 22.2. The predicted octanol–water partition coefficient (Wildman–Crippen LogP) is 2.41. The Bertz CT molecular complexity index is 1370. The van der Waals surface area contributed by atoms with Gasteiger partial charge in [-0.1, -0.05) is 6.07 Å². The van der Waals surface area contributed by atoms with Crippen molar-refractivity contribution in [2.24, 2.45) is 0 Å². The SMILES string of the molecule is Cc1c(C#N)nc2cc(C#N)c(=O)[nH]c2c1N1CCNCC1Cc1cccc(C(F)(F)F)n1. The van der Waals surface area contributed by atoms with E-state index in [-0.39, 0.29) is 34.9 Å². The second kappa shape index (κ2) is 8.52. The van der Waals surface area contributed by atoms with Gasteiger partial charge in [0, 0.05) is 43.4 Å². The number of pyridine rings is 3. The molecule has 0 radical (unpaired) electrons. The van der Waals surface area contributed by atoms with E-state index in [1.54, 1.807) is 19.1 Å². The quantitative estimate of drug-likeness (QED) is 0.625. The Morgan fingerprint density at radius 3 is 2.73 bits per heavy atom. The van der Waals surface area contributed by atoms with Gasteiger partial charge in [0.25, 0.3) is 5.56 Å². The van der Waals surface area contributed by atoms with Crippen molar-refractivity contribution in [3.63, 3.8) is 0 Å². The number of piperazine rings is 1. The fourth-order valence-electron chi connectivity index (χ4n) is 4.07. The Morgan fingerprint density at radius 1 is 1.24 bits per heavy atom. The number of alkyl halides is 3. The summed E-state index contributed by atoms with van der Waals surface area (Å²) >= 11 is 0. The van der Waals surface area contributed by atoms with E-state index in [9.17, 15) is 28.5 Å². The molecule has 0 spiro atoms. The van der Waals surface area contributed by atoms with Crippen LogP contribution in [0.4, 0.5) is 18.9 Å². The number of anilines is 1. The van der Waals surface area contributed by atoms with E-state index in [1.807, 2.05) is 11.0 Å². The van der Waals surface area contributed by atoms with Crippen LogP contribution in [0.2, 0.25) is 0 Å². The highest BCUT2D eigenvalue weighted by Gasteiger charge is 2.33. The molecule has 0 bridgehead atoms. The van der Waals surface area contributed by atoms with Crippen molar-refractivity contribution in [2.75, 3.05) is 24.5 Å². The topological polar surface area (TPSA) is 121 Å². The lowest BCUT2D eigenvalue weighted by molar-refractivity contribution is -0.141. The Hall–Kier alpha value is -3.96. The van der Waals surface area contributed by atoms with Gasteiger partial charge in [-0.15, -0.1) is 0 Å². The van der Waals surface area contributed by atoms with Crippen LogP contribution in [0, 0.1) is 29.6 Å². The molecule has 168 valence electrons. The van der Waals surface area contributed by atoms with Gasteiger partial charge in [0.15, 0.2) is 0 Å². The molecule has 0 saturated carbocycles. The molecule has 3 aromatic heterocycles. The van der Waals surface area contributed by atoms with E-state index in [4.69, 9.17) is 0 Å². The van der Waals surface area contributed by atoms with Crippen LogP contribution in [0.1, 0.15) is 28.2 Å². The number of nitrogens with zero attached hydrogens (tertiary/aromatic N) is 5. The van der Waals surface area contributed by atoms with E-state index >= 15 is 0 Å². The monoisotopic (exact) mass is 453 g/mol. The normalized spacial score (nSPS) is 16.4. The number of H-pyrrole nitrogens is 1. The van der Waals surface area contributed by atoms with Gasteiger partial charge in [-0.2, -0.15) is 23.7 Å². The van der Waals surface area contributed by atoms with Crippen molar-refractivity contribution < 1.29 is 13.2 Å². The Labute approximate surface area is 186 Å². The van der Waals surface area contributed by atoms with Crippen molar-refractivity contribution in [2.45, 2.75) is 25.6 Å². The van der Waals surface area contributed by atoms with Gasteiger partial charge in [-0.3, -0.25) is 4.79 Å². The zero-order valence-electron chi connectivity index (χ0n) is 17.5. The number of aromatic nitrogens is 3. The third-order valence-corrected chi connectivity index (χ3v) is 5.61. The molecule has 1 aliphatic heterocycles. The molecule has 0 aliphatic carbocycles. The molecule has 4 heterocycles. The second-order valence-corrected chi connectivity index (χ2v) is 7.70. The third kappa shape index (κ3) is 4.23. The van der Waals surface area contributed by atoms with E-state index in [1.165, 1.54) is 12.1 Å². The number of fused-ring (bicyclic) bond motifs is 1. The average Bonchev–Trinajstić information content (AvgIpc) is 2.79. The standard InChI is InChI=1S/C22H18F3N7O/c1-12-17(10-27)30-16-7-13(9-26)21(33)31-19(16)20(12)32-6-5-28-11-15(32)8-14-3-2-4-18(29-14)22(23,24)25/h2-4,7,15,28H,5-6,8,11H2,1H3,(H,31,33).